The highest BCUT2D eigenvalue weighted by atomic mass is 16.6. The van der Waals surface area contributed by atoms with Gasteiger partial charge in [0.15, 0.2) is 0 Å². The molecule has 0 unspecified atom stereocenters. The van der Waals surface area contributed by atoms with Crippen molar-refractivity contribution in [2.24, 2.45) is 7.05 Å². The van der Waals surface area contributed by atoms with Gasteiger partial charge in [0.1, 0.15) is 22.4 Å². The highest BCUT2D eigenvalue weighted by molar-refractivity contribution is 6.04. The third-order valence-corrected chi connectivity index (χ3v) is 6.61. The fourth-order valence-electron chi connectivity index (χ4n) is 4.83. The first-order valence-corrected chi connectivity index (χ1v) is 14.0. The van der Waals surface area contributed by atoms with Crippen LogP contribution in [0.4, 0.5) is 9.59 Å². The minimum absolute atomic E-state index is 0.365. The molecule has 12 nitrogen and oxygen atoms in total. The molecule has 226 valence electrons. The number of aromatic amines is 1. The predicted octanol–water partition coefficient (Wildman–Crippen LogP) is 5.18. The highest BCUT2D eigenvalue weighted by Crippen LogP contribution is 2.32. The van der Waals surface area contributed by atoms with Crippen molar-refractivity contribution in [1.82, 2.24) is 35.1 Å². The van der Waals surface area contributed by atoms with Crippen LogP contribution in [0.25, 0.3) is 33.5 Å². The van der Waals surface area contributed by atoms with E-state index < -0.39 is 23.4 Å². The molecule has 12 heteroatoms. The number of ether oxygens (including phenoxy) is 3. The predicted molar refractivity (Wildman–Crippen MR) is 160 cm³/mol. The molecule has 3 N–H and O–H groups in total. The summed E-state index contributed by atoms with van der Waals surface area (Å²) in [6.07, 6.45) is 2.48. The average Bonchev–Trinajstić information content (AvgIpc) is 3.50. The van der Waals surface area contributed by atoms with Gasteiger partial charge in [0.25, 0.3) is 0 Å². The molecule has 4 heterocycles. The minimum Gasteiger partial charge on any atom is -0.444 e. The maximum absolute atomic E-state index is 12.6. The van der Waals surface area contributed by atoms with Crippen LogP contribution >= 0.6 is 0 Å². The number of methoxy groups -OCH3 is 1. The Kier molecular flexibility index (Phi) is 9.05. The number of nitrogens with one attached hydrogen (secondary N) is 3. The molecule has 0 saturated heterocycles. The fourth-order valence-corrected chi connectivity index (χ4v) is 4.83. The minimum atomic E-state index is -0.810. The first-order chi connectivity index (χ1) is 19.8. The van der Waals surface area contributed by atoms with Crippen molar-refractivity contribution in [2.45, 2.75) is 71.1 Å². The number of rotatable bonds is 10. The summed E-state index contributed by atoms with van der Waals surface area (Å²) in [5, 5.41) is 6.36. The lowest BCUT2D eigenvalue weighted by molar-refractivity contribution is 0.0401. The van der Waals surface area contributed by atoms with Gasteiger partial charge in [-0.25, -0.2) is 24.5 Å². The van der Waals surface area contributed by atoms with Crippen molar-refractivity contribution in [3.8, 4) is 11.4 Å². The second kappa shape index (κ2) is 12.4. The van der Waals surface area contributed by atoms with E-state index in [-0.39, 0.29) is 6.04 Å². The number of amides is 2. The summed E-state index contributed by atoms with van der Waals surface area (Å²) in [6, 6.07) is 7.37. The van der Waals surface area contributed by atoms with Gasteiger partial charge in [0.05, 0.1) is 40.7 Å². The number of H-pyrrole nitrogens is 1. The maximum Gasteiger partial charge on any atom is 0.408 e. The molecule has 0 spiro atoms. The van der Waals surface area contributed by atoms with E-state index in [9.17, 15) is 9.59 Å². The number of carbonyl (C=O) groups excluding carboxylic acids is 2. The second-order valence-corrected chi connectivity index (χ2v) is 11.9. The summed E-state index contributed by atoms with van der Waals surface area (Å²) in [6.45, 7) is 9.73. The molecule has 4 aromatic heterocycles. The van der Waals surface area contributed by atoms with Crippen LogP contribution in [0, 0.1) is 0 Å². The number of aromatic nitrogens is 5. The summed E-state index contributed by atoms with van der Waals surface area (Å²) >= 11 is 0. The SMILES string of the molecule is CNC(=O)OC(C)(C)Cc1nc2[nH]c(-c3cccc([C@H](CCCOC)NC(=O)OC(C)(C)C)n3)cc2c2c1ncn2C. The molecule has 0 saturated carbocycles. The molecule has 0 aromatic carbocycles. The van der Waals surface area contributed by atoms with Crippen LogP contribution in [0.3, 0.4) is 0 Å². The smallest absolute Gasteiger partial charge is 0.408 e. The lowest BCUT2D eigenvalue weighted by Gasteiger charge is -2.24. The molecule has 0 radical (unpaired) electrons. The standard InChI is InChI=1S/C30H41N7O5/c1-29(2,3)41-28(39)36-20(13-10-14-40-8)19-11-9-12-21(33-19)22-15-18-25-24(32-17-37(25)7)23(35-26(18)34-22)16-30(4,5)42-27(38)31-6/h9,11-12,15,17,20H,10,13-14,16H2,1-8H3,(H,31,38)(H,34,35)(H,36,39)/t20-/m0/s1. The Balaban J connectivity index is 1.70. The van der Waals surface area contributed by atoms with Gasteiger partial charge >= 0.3 is 12.2 Å². The van der Waals surface area contributed by atoms with E-state index in [1.807, 2.05) is 70.5 Å². The molecular formula is C30H41N7O5. The van der Waals surface area contributed by atoms with Crippen LogP contribution in [-0.2, 0) is 27.7 Å². The van der Waals surface area contributed by atoms with Gasteiger partial charge in [-0.15, -0.1) is 0 Å². The van der Waals surface area contributed by atoms with Crippen LogP contribution in [-0.4, -0.2) is 68.7 Å². The van der Waals surface area contributed by atoms with Crippen molar-refractivity contribution in [1.29, 1.82) is 0 Å². The monoisotopic (exact) mass is 579 g/mol. The van der Waals surface area contributed by atoms with Crippen LogP contribution in [0.2, 0.25) is 0 Å². The molecule has 0 fully saturated rings. The lowest BCUT2D eigenvalue weighted by atomic mass is 10.0. The zero-order chi connectivity index (χ0) is 30.7. The molecule has 1 atom stereocenters. The Bertz CT molecular complexity index is 1570. The molecule has 42 heavy (non-hydrogen) atoms. The molecule has 0 aliphatic rings. The number of aryl methyl sites for hydroxylation is 1. The molecule has 4 aromatic rings. The number of pyridine rings is 2. The first-order valence-electron chi connectivity index (χ1n) is 14.0. The molecule has 2 amide bonds. The Labute approximate surface area is 245 Å². The van der Waals surface area contributed by atoms with Gasteiger partial charge in [0.2, 0.25) is 0 Å². The van der Waals surface area contributed by atoms with Gasteiger partial charge in [-0.2, -0.15) is 0 Å². The molecule has 0 bridgehead atoms. The molecule has 0 aliphatic carbocycles. The summed E-state index contributed by atoms with van der Waals surface area (Å²) in [5.41, 5.74) is 3.79. The zero-order valence-electron chi connectivity index (χ0n) is 25.6. The average molecular weight is 580 g/mol. The summed E-state index contributed by atoms with van der Waals surface area (Å²) in [7, 11) is 5.11. The van der Waals surface area contributed by atoms with Crippen molar-refractivity contribution >= 4 is 34.3 Å². The topological polar surface area (TPSA) is 145 Å². The van der Waals surface area contributed by atoms with Crippen LogP contribution < -0.4 is 10.6 Å². The van der Waals surface area contributed by atoms with Gasteiger partial charge in [-0.3, -0.25) is 0 Å². The number of imidazole rings is 1. The van der Waals surface area contributed by atoms with Gasteiger partial charge in [-0.1, -0.05) is 6.07 Å². The van der Waals surface area contributed by atoms with Crippen molar-refractivity contribution in [2.75, 3.05) is 20.8 Å². The number of hydrogen-bond donors (Lipinski definition) is 3. The zero-order valence-corrected chi connectivity index (χ0v) is 25.6. The van der Waals surface area contributed by atoms with E-state index in [0.29, 0.717) is 42.2 Å². The highest BCUT2D eigenvalue weighted by Gasteiger charge is 2.27. The first kappa shape index (κ1) is 30.8. The molecular weight excluding hydrogens is 538 g/mol. The normalized spacial score (nSPS) is 12.9. The van der Waals surface area contributed by atoms with Crippen molar-refractivity contribution < 1.29 is 23.8 Å². The van der Waals surface area contributed by atoms with Crippen LogP contribution in [0.15, 0.2) is 30.6 Å². The summed E-state index contributed by atoms with van der Waals surface area (Å²) < 4.78 is 18.3. The lowest BCUT2D eigenvalue weighted by Crippen LogP contribution is -2.35. The molecule has 0 aliphatic heterocycles. The second-order valence-electron chi connectivity index (χ2n) is 11.9. The molecule has 4 rings (SSSR count). The fraction of sp³-hybridized carbons (Fsp3) is 0.500. The van der Waals surface area contributed by atoms with Crippen molar-refractivity contribution in [3.63, 3.8) is 0 Å². The number of carbonyl (C=O) groups is 2. The summed E-state index contributed by atoms with van der Waals surface area (Å²) in [4.78, 5) is 42.4. The van der Waals surface area contributed by atoms with Crippen molar-refractivity contribution in [3.05, 3.63) is 42.0 Å². The van der Waals surface area contributed by atoms with E-state index in [4.69, 9.17) is 24.2 Å². The number of alkyl carbamates (subject to hydrolysis) is 2. The Hall–Kier alpha value is -4.19. The maximum atomic E-state index is 12.6. The van der Waals surface area contributed by atoms with E-state index >= 15 is 0 Å². The number of nitrogens with zero attached hydrogens (tertiary/aromatic N) is 4. The summed E-state index contributed by atoms with van der Waals surface area (Å²) in [5.74, 6) is 0. The third-order valence-electron chi connectivity index (χ3n) is 6.61. The van der Waals surface area contributed by atoms with Gasteiger partial charge in [-0.05, 0) is 65.7 Å². The van der Waals surface area contributed by atoms with Gasteiger partial charge in [0, 0.05) is 39.6 Å². The van der Waals surface area contributed by atoms with E-state index in [1.54, 1.807) is 13.4 Å². The number of hydrogen-bond acceptors (Lipinski definition) is 8. The number of fused-ring (bicyclic) bond motifs is 3. The third kappa shape index (κ3) is 7.35. The van der Waals surface area contributed by atoms with E-state index in [2.05, 4.69) is 20.6 Å². The quantitative estimate of drug-likeness (QED) is 0.218. The van der Waals surface area contributed by atoms with Crippen LogP contribution in [0.1, 0.15) is 64.9 Å². The van der Waals surface area contributed by atoms with Crippen LogP contribution in [0.5, 0.6) is 0 Å². The van der Waals surface area contributed by atoms with E-state index in [0.717, 1.165) is 28.5 Å². The Morgan fingerprint density at radius 3 is 2.55 bits per heavy atom. The largest absolute Gasteiger partial charge is 0.444 e. The Morgan fingerprint density at radius 2 is 1.86 bits per heavy atom. The Morgan fingerprint density at radius 1 is 1.10 bits per heavy atom. The van der Waals surface area contributed by atoms with E-state index in [1.165, 1.54) is 7.05 Å². The van der Waals surface area contributed by atoms with Gasteiger partial charge < -0.3 is 34.4 Å².